The number of benzene rings is 2. The molecule has 132 valence electrons. The Kier molecular flexibility index (Phi) is 4.82. The maximum atomic E-state index is 4.83. The van der Waals surface area contributed by atoms with E-state index in [2.05, 4.69) is 53.5 Å². The van der Waals surface area contributed by atoms with Gasteiger partial charge in [0.1, 0.15) is 5.82 Å². The SMILES string of the molecule is Cc1ccccc1CNc1cc(-c2ccccc2)nc(N2CCCC2)n1. The quantitative estimate of drug-likeness (QED) is 0.730. The Morgan fingerprint density at radius 3 is 2.42 bits per heavy atom. The Hall–Kier alpha value is -2.88. The van der Waals surface area contributed by atoms with Gasteiger partial charge in [0.05, 0.1) is 5.69 Å². The van der Waals surface area contributed by atoms with Crippen molar-refractivity contribution in [3.8, 4) is 11.3 Å². The first kappa shape index (κ1) is 16.6. The van der Waals surface area contributed by atoms with Crippen LogP contribution in [-0.2, 0) is 6.54 Å². The lowest BCUT2D eigenvalue weighted by atomic mass is 10.1. The Bertz CT molecular complexity index is 870. The summed E-state index contributed by atoms with van der Waals surface area (Å²) in [6.45, 7) is 4.98. The van der Waals surface area contributed by atoms with Gasteiger partial charge < -0.3 is 10.2 Å². The Balaban J connectivity index is 1.64. The minimum Gasteiger partial charge on any atom is -0.366 e. The van der Waals surface area contributed by atoms with Gasteiger partial charge in [-0.25, -0.2) is 4.98 Å². The molecule has 1 saturated heterocycles. The van der Waals surface area contributed by atoms with Gasteiger partial charge in [0.15, 0.2) is 0 Å². The minimum absolute atomic E-state index is 0.761. The summed E-state index contributed by atoms with van der Waals surface area (Å²) in [5, 5.41) is 3.50. The summed E-state index contributed by atoms with van der Waals surface area (Å²) >= 11 is 0. The molecule has 1 N–H and O–H groups in total. The topological polar surface area (TPSA) is 41.1 Å². The normalized spacial score (nSPS) is 13.8. The van der Waals surface area contributed by atoms with E-state index in [-0.39, 0.29) is 0 Å². The molecule has 0 radical (unpaired) electrons. The van der Waals surface area contributed by atoms with Crippen molar-refractivity contribution in [1.29, 1.82) is 0 Å². The van der Waals surface area contributed by atoms with Crippen LogP contribution in [0, 0.1) is 6.92 Å². The van der Waals surface area contributed by atoms with Crippen LogP contribution >= 0.6 is 0 Å². The van der Waals surface area contributed by atoms with E-state index in [9.17, 15) is 0 Å². The lowest BCUT2D eigenvalue weighted by Gasteiger charge is -2.18. The Morgan fingerprint density at radius 1 is 0.923 bits per heavy atom. The number of hydrogen-bond donors (Lipinski definition) is 1. The smallest absolute Gasteiger partial charge is 0.227 e. The molecule has 0 amide bonds. The van der Waals surface area contributed by atoms with Crippen molar-refractivity contribution in [3.63, 3.8) is 0 Å². The summed E-state index contributed by atoms with van der Waals surface area (Å²) in [5.41, 5.74) is 4.66. The first-order valence-electron chi connectivity index (χ1n) is 9.27. The maximum absolute atomic E-state index is 4.83. The molecule has 0 unspecified atom stereocenters. The monoisotopic (exact) mass is 344 g/mol. The average Bonchev–Trinajstić information content (AvgIpc) is 3.23. The second-order valence-electron chi connectivity index (χ2n) is 6.78. The number of aryl methyl sites for hydroxylation is 1. The molecule has 0 saturated carbocycles. The van der Waals surface area contributed by atoms with Gasteiger partial charge in [0.25, 0.3) is 0 Å². The van der Waals surface area contributed by atoms with Crippen molar-refractivity contribution in [3.05, 3.63) is 71.8 Å². The fraction of sp³-hybridized carbons (Fsp3) is 0.273. The number of nitrogens with zero attached hydrogens (tertiary/aromatic N) is 3. The first-order chi connectivity index (χ1) is 12.8. The highest BCUT2D eigenvalue weighted by Gasteiger charge is 2.17. The zero-order chi connectivity index (χ0) is 17.8. The van der Waals surface area contributed by atoms with Gasteiger partial charge in [-0.3, -0.25) is 0 Å². The van der Waals surface area contributed by atoms with Crippen LogP contribution in [0.15, 0.2) is 60.7 Å². The van der Waals surface area contributed by atoms with Crippen LogP contribution in [0.4, 0.5) is 11.8 Å². The molecule has 4 heteroatoms. The zero-order valence-electron chi connectivity index (χ0n) is 15.2. The molecule has 0 spiro atoms. The third-order valence-electron chi connectivity index (χ3n) is 4.89. The lowest BCUT2D eigenvalue weighted by Crippen LogP contribution is -2.21. The molecule has 0 aliphatic carbocycles. The molecule has 1 aliphatic rings. The van der Waals surface area contributed by atoms with Crippen molar-refractivity contribution in [2.24, 2.45) is 0 Å². The first-order valence-corrected chi connectivity index (χ1v) is 9.27. The van der Waals surface area contributed by atoms with E-state index in [4.69, 9.17) is 9.97 Å². The van der Waals surface area contributed by atoms with Crippen molar-refractivity contribution in [2.75, 3.05) is 23.3 Å². The van der Waals surface area contributed by atoms with Gasteiger partial charge in [-0.15, -0.1) is 0 Å². The summed E-state index contributed by atoms with van der Waals surface area (Å²) in [6.07, 6.45) is 2.43. The summed E-state index contributed by atoms with van der Waals surface area (Å²) in [4.78, 5) is 11.9. The van der Waals surface area contributed by atoms with Gasteiger partial charge in [-0.1, -0.05) is 54.6 Å². The van der Waals surface area contributed by atoms with E-state index in [1.807, 2.05) is 24.3 Å². The molecule has 0 atom stereocenters. The molecule has 2 heterocycles. The molecule has 4 rings (SSSR count). The number of aromatic nitrogens is 2. The van der Waals surface area contributed by atoms with Gasteiger partial charge in [-0.05, 0) is 30.9 Å². The van der Waals surface area contributed by atoms with Crippen LogP contribution in [0.25, 0.3) is 11.3 Å². The van der Waals surface area contributed by atoms with E-state index in [1.165, 1.54) is 24.0 Å². The van der Waals surface area contributed by atoms with Crippen LogP contribution in [0.2, 0.25) is 0 Å². The number of hydrogen-bond acceptors (Lipinski definition) is 4. The van der Waals surface area contributed by atoms with Crippen LogP contribution in [0.1, 0.15) is 24.0 Å². The summed E-state index contributed by atoms with van der Waals surface area (Å²) in [5.74, 6) is 1.71. The van der Waals surface area contributed by atoms with E-state index < -0.39 is 0 Å². The predicted octanol–water partition coefficient (Wildman–Crippen LogP) is 4.66. The summed E-state index contributed by atoms with van der Waals surface area (Å²) < 4.78 is 0. The average molecular weight is 344 g/mol. The molecule has 1 aliphatic heterocycles. The highest BCUT2D eigenvalue weighted by molar-refractivity contribution is 5.64. The van der Waals surface area contributed by atoms with Crippen molar-refractivity contribution in [1.82, 2.24) is 9.97 Å². The second-order valence-corrected chi connectivity index (χ2v) is 6.78. The highest BCUT2D eigenvalue weighted by Crippen LogP contribution is 2.25. The predicted molar refractivity (Wildman–Crippen MR) is 107 cm³/mol. The van der Waals surface area contributed by atoms with Crippen molar-refractivity contribution < 1.29 is 0 Å². The van der Waals surface area contributed by atoms with Gasteiger partial charge in [0, 0.05) is 31.3 Å². The molecule has 1 fully saturated rings. The molecule has 3 aromatic rings. The molecule has 1 aromatic heterocycles. The van der Waals surface area contributed by atoms with E-state index in [1.54, 1.807) is 0 Å². The van der Waals surface area contributed by atoms with Gasteiger partial charge in [0.2, 0.25) is 5.95 Å². The Labute approximate surface area is 154 Å². The molecule has 2 aromatic carbocycles. The van der Waals surface area contributed by atoms with Crippen molar-refractivity contribution >= 4 is 11.8 Å². The largest absolute Gasteiger partial charge is 0.366 e. The molecular formula is C22H24N4. The fourth-order valence-electron chi connectivity index (χ4n) is 3.33. The summed E-state index contributed by atoms with van der Waals surface area (Å²) in [6, 6.07) is 20.8. The highest BCUT2D eigenvalue weighted by atomic mass is 15.3. The van der Waals surface area contributed by atoms with Crippen LogP contribution in [-0.4, -0.2) is 23.1 Å². The molecule has 26 heavy (non-hydrogen) atoms. The molecule has 0 bridgehead atoms. The lowest BCUT2D eigenvalue weighted by molar-refractivity contribution is 0.898. The number of anilines is 2. The van der Waals surface area contributed by atoms with Crippen LogP contribution in [0.3, 0.4) is 0 Å². The van der Waals surface area contributed by atoms with Gasteiger partial charge in [-0.2, -0.15) is 4.98 Å². The number of nitrogens with one attached hydrogen (secondary N) is 1. The molecule has 4 nitrogen and oxygen atoms in total. The van der Waals surface area contributed by atoms with Crippen molar-refractivity contribution in [2.45, 2.75) is 26.3 Å². The van der Waals surface area contributed by atoms with E-state index in [0.717, 1.165) is 42.7 Å². The maximum Gasteiger partial charge on any atom is 0.227 e. The third-order valence-corrected chi connectivity index (χ3v) is 4.89. The van der Waals surface area contributed by atoms with Crippen LogP contribution in [0.5, 0.6) is 0 Å². The third kappa shape index (κ3) is 3.69. The summed E-state index contributed by atoms with van der Waals surface area (Å²) in [7, 11) is 0. The van der Waals surface area contributed by atoms with E-state index in [0.29, 0.717) is 0 Å². The second kappa shape index (κ2) is 7.56. The molecular weight excluding hydrogens is 320 g/mol. The minimum atomic E-state index is 0.761. The standard InChI is InChI=1S/C22H24N4/c1-17-9-5-6-12-19(17)16-23-21-15-20(18-10-3-2-4-11-18)24-22(25-21)26-13-7-8-14-26/h2-6,9-12,15H,7-8,13-14,16H2,1H3,(H,23,24,25). The van der Waals surface area contributed by atoms with E-state index >= 15 is 0 Å². The van der Waals surface area contributed by atoms with Crippen LogP contribution < -0.4 is 10.2 Å². The Morgan fingerprint density at radius 2 is 1.65 bits per heavy atom. The zero-order valence-corrected chi connectivity index (χ0v) is 15.2. The number of rotatable bonds is 5. The fourth-order valence-corrected chi connectivity index (χ4v) is 3.33. The van der Waals surface area contributed by atoms with Gasteiger partial charge >= 0.3 is 0 Å².